The van der Waals surface area contributed by atoms with Crippen molar-refractivity contribution >= 4 is 34.4 Å². The summed E-state index contributed by atoms with van der Waals surface area (Å²) in [5.74, 6) is -4.22. The van der Waals surface area contributed by atoms with E-state index in [0.717, 1.165) is 38.2 Å². The molecule has 2 fully saturated rings. The number of thiazole rings is 2. The van der Waals surface area contributed by atoms with E-state index < -0.39 is 53.5 Å². The largest absolute Gasteiger partial charge is 0.375 e. The number of pyridine rings is 1. The third kappa shape index (κ3) is 6.29. The van der Waals surface area contributed by atoms with Crippen LogP contribution in [0.4, 0.5) is 13.2 Å². The summed E-state index contributed by atoms with van der Waals surface area (Å²) >= 11 is 4.39. The van der Waals surface area contributed by atoms with Crippen molar-refractivity contribution in [1.82, 2.24) is 29.9 Å². The van der Waals surface area contributed by atoms with Crippen LogP contribution in [0, 0.1) is 17.5 Å². The molecule has 0 amide bonds. The predicted octanol–water partition coefficient (Wildman–Crippen LogP) is 7.19. The Kier molecular flexibility index (Phi) is 9.00. The Morgan fingerprint density at radius 2 is 1.67 bits per heavy atom. The summed E-state index contributed by atoms with van der Waals surface area (Å²) in [4.78, 5) is 14.5. The first-order valence-electron chi connectivity index (χ1n) is 15.0. The Morgan fingerprint density at radius 1 is 0.918 bits per heavy atom. The van der Waals surface area contributed by atoms with Gasteiger partial charge in [0.15, 0.2) is 23.7 Å². The molecule has 0 bridgehead atoms. The summed E-state index contributed by atoms with van der Waals surface area (Å²) in [5, 5.41) is 13.9. The molecule has 0 aliphatic carbocycles. The van der Waals surface area contributed by atoms with Crippen molar-refractivity contribution in [2.75, 3.05) is 13.7 Å². The number of benzene rings is 2. The van der Waals surface area contributed by atoms with E-state index in [1.807, 2.05) is 47.2 Å². The van der Waals surface area contributed by atoms with E-state index in [1.54, 1.807) is 30.4 Å². The smallest absolute Gasteiger partial charge is 0.194 e. The Balaban J connectivity index is 1.18. The Morgan fingerprint density at radius 3 is 2.39 bits per heavy atom. The van der Waals surface area contributed by atoms with Crippen LogP contribution in [0.3, 0.4) is 0 Å². The molecule has 16 heteroatoms. The first kappa shape index (κ1) is 32.2. The zero-order valence-corrected chi connectivity index (χ0v) is 27.9. The van der Waals surface area contributed by atoms with Gasteiger partial charge in [-0.15, -0.1) is 27.8 Å². The lowest BCUT2D eigenvalue weighted by Crippen LogP contribution is -2.59. The third-order valence-corrected chi connectivity index (χ3v) is 10.9. The van der Waals surface area contributed by atoms with Crippen LogP contribution in [0.2, 0.25) is 0 Å². The van der Waals surface area contributed by atoms with Crippen LogP contribution in [0.5, 0.6) is 0 Å². The van der Waals surface area contributed by atoms with Crippen LogP contribution in [0.15, 0.2) is 89.0 Å². The van der Waals surface area contributed by atoms with Crippen molar-refractivity contribution < 1.29 is 32.1 Å². The van der Waals surface area contributed by atoms with E-state index in [9.17, 15) is 13.2 Å². The quantitative estimate of drug-likeness (QED) is 0.150. The summed E-state index contributed by atoms with van der Waals surface area (Å²) in [6.45, 7) is 0.195. The van der Waals surface area contributed by atoms with Gasteiger partial charge in [0.1, 0.15) is 51.2 Å². The number of fused-ring (bicyclic) bond motifs is 1. The van der Waals surface area contributed by atoms with Gasteiger partial charge in [-0.05, 0) is 18.2 Å². The van der Waals surface area contributed by atoms with Crippen molar-refractivity contribution in [3.05, 3.63) is 107 Å². The van der Waals surface area contributed by atoms with Crippen molar-refractivity contribution in [1.29, 1.82) is 0 Å². The van der Waals surface area contributed by atoms with Gasteiger partial charge in [0, 0.05) is 58.0 Å². The molecule has 10 nitrogen and oxygen atoms in total. The fraction of sp³-hybridized carbons (Fsp3) is 0.242. The van der Waals surface area contributed by atoms with Gasteiger partial charge >= 0.3 is 0 Å². The average molecular weight is 723 g/mol. The van der Waals surface area contributed by atoms with E-state index >= 15 is 0 Å². The number of methoxy groups -OCH3 is 1. The lowest BCUT2D eigenvalue weighted by Gasteiger charge is -2.48. The molecule has 49 heavy (non-hydrogen) atoms. The molecule has 6 heterocycles. The van der Waals surface area contributed by atoms with Crippen LogP contribution in [-0.2, 0) is 18.9 Å². The molecular formula is C33H25F3N6O4S3. The molecule has 0 spiro atoms. The van der Waals surface area contributed by atoms with Crippen LogP contribution >= 0.6 is 34.4 Å². The van der Waals surface area contributed by atoms with Gasteiger partial charge < -0.3 is 18.9 Å². The molecule has 250 valence electrons. The van der Waals surface area contributed by atoms with Crippen molar-refractivity contribution in [2.45, 2.75) is 41.0 Å². The number of nitrogens with zero attached hydrogens (tertiary/aromatic N) is 6. The Labute approximate surface area is 289 Å². The van der Waals surface area contributed by atoms with Crippen molar-refractivity contribution in [3.63, 3.8) is 0 Å². The molecule has 0 N–H and O–H groups in total. The number of hydrogen-bond acceptors (Lipinski definition) is 12. The molecule has 0 saturated carbocycles. The second-order valence-corrected chi connectivity index (χ2v) is 14.0. The average Bonchev–Trinajstić information content (AvgIpc) is 3.94. The highest BCUT2D eigenvalue weighted by Crippen LogP contribution is 2.46. The van der Waals surface area contributed by atoms with Crippen LogP contribution in [0.25, 0.3) is 32.5 Å². The SMILES string of the molecule is COC1C(Sc2cc(-c3nccs3)cnc2-c2nccs2)OC2COC(c3ccccc3)OC2C1n1cc(-c2cc(F)c(F)c(F)c2)nn1. The summed E-state index contributed by atoms with van der Waals surface area (Å²) < 4.78 is 69.3. The first-order valence-corrected chi connectivity index (χ1v) is 17.6. The van der Waals surface area contributed by atoms with Gasteiger partial charge in [-0.1, -0.05) is 47.3 Å². The summed E-state index contributed by atoms with van der Waals surface area (Å²) in [5.41, 5.74) is 1.86. The predicted molar refractivity (Wildman–Crippen MR) is 176 cm³/mol. The number of halogens is 3. The van der Waals surface area contributed by atoms with Crippen LogP contribution < -0.4 is 0 Å². The molecule has 8 rings (SSSR count). The molecule has 2 aromatic carbocycles. The summed E-state index contributed by atoms with van der Waals surface area (Å²) in [6.07, 6.45) is 4.18. The molecule has 2 aliphatic heterocycles. The van der Waals surface area contributed by atoms with Gasteiger partial charge in [0.25, 0.3) is 0 Å². The molecule has 6 atom stereocenters. The minimum absolute atomic E-state index is 0.0272. The normalized spacial score (nSPS) is 23.8. The van der Waals surface area contributed by atoms with Gasteiger partial charge in [-0.25, -0.2) is 27.8 Å². The Hall–Kier alpha value is -4.03. The maximum atomic E-state index is 14.2. The van der Waals surface area contributed by atoms with Gasteiger partial charge in [0.2, 0.25) is 0 Å². The number of hydrogen-bond donors (Lipinski definition) is 0. The van der Waals surface area contributed by atoms with E-state index in [4.69, 9.17) is 23.9 Å². The summed E-state index contributed by atoms with van der Waals surface area (Å²) in [7, 11) is 1.57. The maximum absolute atomic E-state index is 14.2. The van der Waals surface area contributed by atoms with Crippen LogP contribution in [0.1, 0.15) is 17.9 Å². The van der Waals surface area contributed by atoms with E-state index in [2.05, 4.69) is 20.3 Å². The minimum Gasteiger partial charge on any atom is -0.375 e. The van der Waals surface area contributed by atoms with Gasteiger partial charge in [-0.3, -0.25) is 4.98 Å². The fourth-order valence-electron chi connectivity index (χ4n) is 5.89. The van der Waals surface area contributed by atoms with Crippen LogP contribution in [-0.4, -0.2) is 67.4 Å². The van der Waals surface area contributed by atoms with E-state index in [-0.39, 0.29) is 17.9 Å². The van der Waals surface area contributed by atoms with Gasteiger partial charge in [0.05, 0.1) is 12.8 Å². The molecule has 4 aromatic heterocycles. The molecule has 2 aliphatic rings. The fourth-order valence-corrected chi connectivity index (χ4v) is 8.54. The zero-order chi connectivity index (χ0) is 33.5. The lowest BCUT2D eigenvalue weighted by atomic mass is 9.95. The highest BCUT2D eigenvalue weighted by atomic mass is 32.2. The minimum atomic E-state index is -1.56. The third-order valence-electron chi connectivity index (χ3n) is 8.16. The first-order chi connectivity index (χ1) is 24.0. The number of rotatable bonds is 8. The highest BCUT2D eigenvalue weighted by Gasteiger charge is 2.52. The molecular weight excluding hydrogens is 698 g/mol. The number of aromatic nitrogens is 6. The standard InChI is InChI=1S/C33H25F3N6O4S3/c1-43-29-27(42-15-22(40-41-42)18-11-20(34)25(36)21(35)12-18)28-23(16-44-32(46-28)17-5-3-2-4-6-17)45-33(29)49-24-13-19(30-37-7-9-47-30)14-39-26(24)31-38-8-10-48-31/h2-15,23,27-29,32-33H,16H2,1H3. The van der Waals surface area contributed by atoms with Crippen molar-refractivity contribution in [2.24, 2.45) is 0 Å². The second-order valence-electron chi connectivity index (χ2n) is 11.1. The molecule has 0 radical (unpaired) electrons. The van der Waals surface area contributed by atoms with E-state index in [0.29, 0.717) is 5.69 Å². The summed E-state index contributed by atoms with van der Waals surface area (Å²) in [6, 6.07) is 12.6. The Bertz CT molecular complexity index is 2030. The maximum Gasteiger partial charge on any atom is 0.194 e. The van der Waals surface area contributed by atoms with E-state index in [1.165, 1.54) is 40.6 Å². The highest BCUT2D eigenvalue weighted by molar-refractivity contribution is 8.00. The lowest BCUT2D eigenvalue weighted by molar-refractivity contribution is -0.308. The number of ether oxygens (including phenoxy) is 4. The zero-order valence-electron chi connectivity index (χ0n) is 25.4. The molecule has 6 unspecified atom stereocenters. The van der Waals surface area contributed by atoms with Crippen molar-refractivity contribution in [3.8, 4) is 32.5 Å². The second kappa shape index (κ2) is 13.7. The molecule has 2 saturated heterocycles. The van der Waals surface area contributed by atoms with Gasteiger partial charge in [-0.2, -0.15) is 0 Å². The topological polar surface area (TPSA) is 106 Å². The molecule has 6 aromatic rings. The number of thioether (sulfide) groups is 1. The monoisotopic (exact) mass is 722 g/mol.